The number of benzene rings is 2. The summed E-state index contributed by atoms with van der Waals surface area (Å²) in [6, 6.07) is 13.4. The van der Waals surface area contributed by atoms with Crippen molar-refractivity contribution < 1.29 is 18.0 Å². The average molecular weight is 485 g/mol. The van der Waals surface area contributed by atoms with Gasteiger partial charge in [0.1, 0.15) is 0 Å². The maximum Gasteiger partial charge on any atom is 0.264 e. The second-order valence-electron chi connectivity index (χ2n) is 8.99. The highest BCUT2D eigenvalue weighted by Gasteiger charge is 2.26. The normalized spacial score (nSPS) is 17.1. The smallest absolute Gasteiger partial charge is 0.264 e. The van der Waals surface area contributed by atoms with Crippen molar-refractivity contribution in [1.29, 1.82) is 0 Å². The topological polar surface area (TPSA) is 81.2 Å². The van der Waals surface area contributed by atoms with Crippen LogP contribution in [-0.4, -0.2) is 87.8 Å². The van der Waals surface area contributed by atoms with Crippen molar-refractivity contribution in [2.45, 2.75) is 24.7 Å². The van der Waals surface area contributed by atoms with Gasteiger partial charge < -0.3 is 9.80 Å². The summed E-state index contributed by atoms with van der Waals surface area (Å²) in [6.07, 6.45) is 2.17. The van der Waals surface area contributed by atoms with E-state index in [1.54, 1.807) is 53.4 Å². The number of likely N-dealkylation sites (tertiary alicyclic amines) is 1. The van der Waals surface area contributed by atoms with Gasteiger partial charge in [0.2, 0.25) is 5.91 Å². The van der Waals surface area contributed by atoms with Crippen molar-refractivity contribution in [1.82, 2.24) is 14.7 Å². The number of hydrogen-bond donors (Lipinski definition) is 0. The van der Waals surface area contributed by atoms with Gasteiger partial charge in [0.15, 0.2) is 0 Å². The molecule has 0 bridgehead atoms. The highest BCUT2D eigenvalue weighted by Crippen LogP contribution is 2.23. The molecule has 2 heterocycles. The predicted octanol–water partition coefficient (Wildman–Crippen LogP) is 2.20. The van der Waals surface area contributed by atoms with Gasteiger partial charge in [-0.25, -0.2) is 8.42 Å². The van der Waals surface area contributed by atoms with Crippen LogP contribution in [0.15, 0.2) is 53.4 Å². The largest absolute Gasteiger partial charge is 0.342 e. The van der Waals surface area contributed by atoms with E-state index in [2.05, 4.69) is 4.90 Å². The number of carbonyl (C=O) groups excluding carboxylic acids is 2. The standard InChI is InChI=1S/C25H32N4O4S/c1-20-5-11-23(12-6-20)34(32,33)26(2)22-9-7-21(8-10-22)25(31)29-17-15-27(16-18-29)19-24(30)28-13-3-4-14-28/h5-12H,3-4,13-19H2,1-2H3. The number of rotatable bonds is 6. The maximum absolute atomic E-state index is 13.0. The van der Waals surface area contributed by atoms with Crippen LogP contribution in [0.25, 0.3) is 0 Å². The molecule has 4 rings (SSSR count). The Kier molecular flexibility index (Phi) is 7.23. The molecule has 2 aliphatic rings. The Labute approximate surface area is 201 Å². The van der Waals surface area contributed by atoms with Gasteiger partial charge in [0.25, 0.3) is 15.9 Å². The molecule has 0 aliphatic carbocycles. The monoisotopic (exact) mass is 484 g/mol. The molecule has 2 aromatic carbocycles. The molecule has 182 valence electrons. The van der Waals surface area contributed by atoms with E-state index in [1.807, 2.05) is 11.8 Å². The van der Waals surface area contributed by atoms with Gasteiger partial charge >= 0.3 is 0 Å². The van der Waals surface area contributed by atoms with Crippen LogP contribution in [0.5, 0.6) is 0 Å². The Morgan fingerprint density at radius 1 is 0.824 bits per heavy atom. The Morgan fingerprint density at radius 2 is 1.41 bits per heavy atom. The van der Waals surface area contributed by atoms with Crippen LogP contribution in [0.2, 0.25) is 0 Å². The van der Waals surface area contributed by atoms with Gasteiger partial charge in [-0.1, -0.05) is 17.7 Å². The van der Waals surface area contributed by atoms with E-state index in [-0.39, 0.29) is 16.7 Å². The minimum Gasteiger partial charge on any atom is -0.342 e. The van der Waals surface area contributed by atoms with Crippen molar-refractivity contribution in [2.24, 2.45) is 0 Å². The molecule has 2 aromatic rings. The fourth-order valence-corrected chi connectivity index (χ4v) is 5.57. The molecule has 34 heavy (non-hydrogen) atoms. The van der Waals surface area contributed by atoms with Crippen molar-refractivity contribution in [3.8, 4) is 0 Å². The molecule has 0 atom stereocenters. The number of aryl methyl sites for hydroxylation is 1. The average Bonchev–Trinajstić information content (AvgIpc) is 3.39. The van der Waals surface area contributed by atoms with Crippen molar-refractivity contribution in [2.75, 3.05) is 57.2 Å². The molecule has 0 spiro atoms. The SMILES string of the molecule is Cc1ccc(S(=O)(=O)N(C)c2ccc(C(=O)N3CCN(CC(=O)N4CCCC4)CC3)cc2)cc1. The molecule has 0 unspecified atom stereocenters. The van der Waals surface area contributed by atoms with Gasteiger partial charge in [-0.15, -0.1) is 0 Å². The summed E-state index contributed by atoms with van der Waals surface area (Å²) in [5.41, 5.74) is 2.00. The van der Waals surface area contributed by atoms with Crippen LogP contribution in [0.3, 0.4) is 0 Å². The summed E-state index contributed by atoms with van der Waals surface area (Å²) in [5, 5.41) is 0. The number of piperazine rings is 1. The highest BCUT2D eigenvalue weighted by molar-refractivity contribution is 7.92. The molecule has 2 fully saturated rings. The van der Waals surface area contributed by atoms with Gasteiger partial charge in [-0.05, 0) is 56.2 Å². The zero-order valence-corrected chi connectivity index (χ0v) is 20.6. The molecular formula is C25H32N4O4S. The molecule has 8 nitrogen and oxygen atoms in total. The van der Waals surface area contributed by atoms with E-state index in [0.717, 1.165) is 31.5 Å². The van der Waals surface area contributed by atoms with E-state index >= 15 is 0 Å². The van der Waals surface area contributed by atoms with Crippen LogP contribution >= 0.6 is 0 Å². The molecule has 2 saturated heterocycles. The van der Waals surface area contributed by atoms with Crippen LogP contribution < -0.4 is 4.31 Å². The van der Waals surface area contributed by atoms with E-state index in [9.17, 15) is 18.0 Å². The second-order valence-corrected chi connectivity index (χ2v) is 11.0. The van der Waals surface area contributed by atoms with Crippen LogP contribution in [0, 0.1) is 6.92 Å². The van der Waals surface area contributed by atoms with E-state index in [4.69, 9.17) is 0 Å². The first-order valence-electron chi connectivity index (χ1n) is 11.7. The molecule has 0 radical (unpaired) electrons. The Hall–Kier alpha value is -2.91. The fraction of sp³-hybridized carbons (Fsp3) is 0.440. The first-order chi connectivity index (χ1) is 16.3. The number of sulfonamides is 1. The molecular weight excluding hydrogens is 452 g/mol. The summed E-state index contributed by atoms with van der Waals surface area (Å²) in [4.78, 5) is 31.4. The first kappa shape index (κ1) is 24.2. The maximum atomic E-state index is 13.0. The number of anilines is 1. The molecule has 9 heteroatoms. The summed E-state index contributed by atoms with van der Waals surface area (Å²) in [7, 11) is -2.17. The summed E-state index contributed by atoms with van der Waals surface area (Å²) in [5.74, 6) is 0.0960. The zero-order chi connectivity index (χ0) is 24.3. The quantitative estimate of drug-likeness (QED) is 0.628. The fourth-order valence-electron chi connectivity index (χ4n) is 4.37. The minimum atomic E-state index is -3.68. The minimum absolute atomic E-state index is 0.0823. The van der Waals surface area contributed by atoms with E-state index in [0.29, 0.717) is 44.0 Å². The molecule has 0 N–H and O–H groups in total. The highest BCUT2D eigenvalue weighted by atomic mass is 32.2. The Bertz CT molecular complexity index is 1120. The summed E-state index contributed by atoms with van der Waals surface area (Å²) >= 11 is 0. The predicted molar refractivity (Wildman–Crippen MR) is 131 cm³/mol. The van der Waals surface area contributed by atoms with Gasteiger partial charge in [-0.3, -0.25) is 18.8 Å². The van der Waals surface area contributed by atoms with E-state index < -0.39 is 10.0 Å². The lowest BCUT2D eigenvalue weighted by Crippen LogP contribution is -2.51. The van der Waals surface area contributed by atoms with Gasteiger partial charge in [0.05, 0.1) is 17.1 Å². The van der Waals surface area contributed by atoms with Crippen LogP contribution in [0.4, 0.5) is 5.69 Å². The van der Waals surface area contributed by atoms with Crippen molar-refractivity contribution in [3.63, 3.8) is 0 Å². The summed E-state index contributed by atoms with van der Waals surface area (Å²) < 4.78 is 27.1. The van der Waals surface area contributed by atoms with Crippen LogP contribution in [-0.2, 0) is 14.8 Å². The molecule has 0 saturated carbocycles. The third kappa shape index (κ3) is 5.26. The number of amides is 2. The van der Waals surface area contributed by atoms with Gasteiger partial charge in [-0.2, -0.15) is 0 Å². The molecule has 2 amide bonds. The molecule has 0 aromatic heterocycles. The Morgan fingerprint density at radius 3 is 2.00 bits per heavy atom. The number of carbonyl (C=O) groups is 2. The Balaban J connectivity index is 1.34. The van der Waals surface area contributed by atoms with E-state index in [1.165, 1.54) is 11.4 Å². The first-order valence-corrected chi connectivity index (χ1v) is 13.1. The second kappa shape index (κ2) is 10.1. The van der Waals surface area contributed by atoms with Gasteiger partial charge in [0, 0.05) is 51.9 Å². The lowest BCUT2D eigenvalue weighted by atomic mass is 10.1. The molecule has 2 aliphatic heterocycles. The van der Waals surface area contributed by atoms with Crippen molar-refractivity contribution in [3.05, 3.63) is 59.7 Å². The number of nitrogens with zero attached hydrogens (tertiary/aromatic N) is 4. The summed E-state index contributed by atoms with van der Waals surface area (Å²) in [6.45, 7) is 6.50. The zero-order valence-electron chi connectivity index (χ0n) is 19.8. The lowest BCUT2D eigenvalue weighted by Gasteiger charge is -2.35. The third-order valence-electron chi connectivity index (χ3n) is 6.63. The third-order valence-corrected chi connectivity index (χ3v) is 8.43. The number of hydrogen-bond acceptors (Lipinski definition) is 5. The van der Waals surface area contributed by atoms with Crippen LogP contribution in [0.1, 0.15) is 28.8 Å². The van der Waals surface area contributed by atoms with Crippen molar-refractivity contribution >= 4 is 27.5 Å². The lowest BCUT2D eigenvalue weighted by molar-refractivity contribution is -0.131.